The number of amides is 1. The van der Waals surface area contributed by atoms with Crippen LogP contribution in [0.15, 0.2) is 84.0 Å². The molecule has 0 bridgehead atoms. The zero-order valence-corrected chi connectivity index (χ0v) is 19.0. The Balaban J connectivity index is 1.45. The maximum absolute atomic E-state index is 13.9. The van der Waals surface area contributed by atoms with E-state index >= 15 is 0 Å². The number of ether oxygens (including phenoxy) is 1. The summed E-state index contributed by atoms with van der Waals surface area (Å²) in [5.74, 6) is 0.182. The molecule has 0 atom stereocenters. The van der Waals surface area contributed by atoms with E-state index in [1.54, 1.807) is 28.8 Å². The van der Waals surface area contributed by atoms with Crippen LogP contribution in [0.2, 0.25) is 5.02 Å². The summed E-state index contributed by atoms with van der Waals surface area (Å²) in [6.07, 6.45) is 0. The zero-order valence-electron chi connectivity index (χ0n) is 17.4. The summed E-state index contributed by atoms with van der Waals surface area (Å²) in [5.41, 5.74) is 1.73. The summed E-state index contributed by atoms with van der Waals surface area (Å²) in [6, 6.07) is 23.0. The van der Waals surface area contributed by atoms with Crippen LogP contribution < -0.4 is 10.1 Å². The van der Waals surface area contributed by atoms with Crippen molar-refractivity contribution in [1.82, 2.24) is 20.1 Å². The lowest BCUT2D eigenvalue weighted by Gasteiger charge is -2.11. The van der Waals surface area contributed by atoms with Gasteiger partial charge in [0.15, 0.2) is 22.5 Å². The van der Waals surface area contributed by atoms with Crippen LogP contribution in [-0.4, -0.2) is 26.4 Å². The number of carbonyl (C=O) groups excluding carboxylic acids is 1. The highest BCUT2D eigenvalue weighted by Crippen LogP contribution is 2.24. The molecule has 0 saturated carbocycles. The normalized spacial score (nSPS) is 10.7. The van der Waals surface area contributed by atoms with Gasteiger partial charge in [-0.3, -0.25) is 9.36 Å². The first kappa shape index (κ1) is 22.8. The van der Waals surface area contributed by atoms with Crippen LogP contribution >= 0.6 is 23.4 Å². The molecule has 33 heavy (non-hydrogen) atoms. The minimum absolute atomic E-state index is 0.0182. The number of halogens is 2. The molecular formula is C24H20ClFN4O2S. The van der Waals surface area contributed by atoms with E-state index < -0.39 is 5.82 Å². The van der Waals surface area contributed by atoms with Crippen LogP contribution in [0.4, 0.5) is 4.39 Å². The molecule has 0 spiro atoms. The van der Waals surface area contributed by atoms with Crippen molar-refractivity contribution in [2.45, 2.75) is 18.3 Å². The second-order valence-electron chi connectivity index (χ2n) is 6.98. The molecule has 0 unspecified atom stereocenters. The molecule has 0 fully saturated rings. The lowest BCUT2D eigenvalue weighted by Crippen LogP contribution is -2.24. The van der Waals surface area contributed by atoms with Crippen LogP contribution in [0.1, 0.15) is 11.4 Å². The van der Waals surface area contributed by atoms with Crippen molar-refractivity contribution < 1.29 is 13.9 Å². The Kier molecular flexibility index (Phi) is 7.59. The summed E-state index contributed by atoms with van der Waals surface area (Å²) >= 11 is 7.24. The van der Waals surface area contributed by atoms with E-state index in [9.17, 15) is 9.18 Å². The third-order valence-corrected chi connectivity index (χ3v) is 5.78. The SMILES string of the molecule is O=C(CSc1nnc(COc2ccccc2F)n1-c1ccccc1)NCc1cccc(Cl)c1. The van der Waals surface area contributed by atoms with Crippen LogP contribution in [0.5, 0.6) is 5.75 Å². The fourth-order valence-electron chi connectivity index (χ4n) is 3.06. The minimum atomic E-state index is -0.450. The molecule has 1 amide bonds. The lowest BCUT2D eigenvalue weighted by atomic mass is 10.2. The average molecular weight is 483 g/mol. The molecule has 6 nitrogen and oxygen atoms in total. The lowest BCUT2D eigenvalue weighted by molar-refractivity contribution is -0.118. The van der Waals surface area contributed by atoms with Crippen molar-refractivity contribution in [3.8, 4) is 11.4 Å². The molecule has 1 aromatic heterocycles. The van der Waals surface area contributed by atoms with Crippen LogP contribution in [0.3, 0.4) is 0 Å². The van der Waals surface area contributed by atoms with E-state index in [0.29, 0.717) is 22.5 Å². The van der Waals surface area contributed by atoms with Gasteiger partial charge in [-0.2, -0.15) is 0 Å². The fourth-order valence-corrected chi connectivity index (χ4v) is 4.07. The fraction of sp³-hybridized carbons (Fsp3) is 0.125. The molecular weight excluding hydrogens is 463 g/mol. The smallest absolute Gasteiger partial charge is 0.230 e. The molecule has 9 heteroatoms. The van der Waals surface area contributed by atoms with Crippen LogP contribution in [0, 0.1) is 5.82 Å². The van der Waals surface area contributed by atoms with Crippen molar-refractivity contribution in [2.75, 3.05) is 5.75 Å². The Bertz CT molecular complexity index is 1240. The van der Waals surface area contributed by atoms with Gasteiger partial charge in [0.2, 0.25) is 5.91 Å². The van der Waals surface area contributed by atoms with Crippen LogP contribution in [0.25, 0.3) is 5.69 Å². The number of nitrogens with one attached hydrogen (secondary N) is 1. The Morgan fingerprint density at radius 3 is 2.61 bits per heavy atom. The molecule has 0 radical (unpaired) electrons. The number of para-hydroxylation sites is 2. The molecule has 4 rings (SSSR count). The Labute approximate surface area is 199 Å². The number of rotatable bonds is 9. The second kappa shape index (κ2) is 11.0. The molecule has 1 heterocycles. The maximum Gasteiger partial charge on any atom is 0.230 e. The number of carbonyl (C=O) groups is 1. The van der Waals surface area contributed by atoms with Gasteiger partial charge in [-0.05, 0) is 42.0 Å². The number of hydrogen-bond acceptors (Lipinski definition) is 5. The largest absolute Gasteiger partial charge is 0.483 e. The van der Waals surface area contributed by atoms with Crippen molar-refractivity contribution >= 4 is 29.3 Å². The third-order valence-electron chi connectivity index (χ3n) is 4.62. The molecule has 0 aliphatic rings. The van der Waals surface area contributed by atoms with Crippen molar-refractivity contribution in [1.29, 1.82) is 0 Å². The van der Waals surface area contributed by atoms with Gasteiger partial charge in [0, 0.05) is 17.3 Å². The van der Waals surface area contributed by atoms with Crippen molar-refractivity contribution in [2.24, 2.45) is 0 Å². The minimum Gasteiger partial charge on any atom is -0.483 e. The quantitative estimate of drug-likeness (QED) is 0.338. The number of nitrogens with zero attached hydrogens (tertiary/aromatic N) is 3. The number of hydrogen-bond donors (Lipinski definition) is 1. The highest BCUT2D eigenvalue weighted by atomic mass is 35.5. The van der Waals surface area contributed by atoms with E-state index in [1.165, 1.54) is 17.8 Å². The van der Waals surface area contributed by atoms with Gasteiger partial charge in [0.05, 0.1) is 5.75 Å². The first-order valence-corrected chi connectivity index (χ1v) is 11.5. The Hall–Kier alpha value is -3.36. The Morgan fingerprint density at radius 1 is 1.03 bits per heavy atom. The molecule has 3 aromatic carbocycles. The van der Waals surface area contributed by atoms with Crippen LogP contribution in [-0.2, 0) is 17.9 Å². The van der Waals surface area contributed by atoms with E-state index in [-0.39, 0.29) is 24.0 Å². The summed E-state index contributed by atoms with van der Waals surface area (Å²) in [6.45, 7) is 0.400. The maximum atomic E-state index is 13.9. The van der Waals surface area contributed by atoms with Gasteiger partial charge in [0.25, 0.3) is 0 Å². The van der Waals surface area contributed by atoms with Gasteiger partial charge >= 0.3 is 0 Å². The molecule has 1 N–H and O–H groups in total. The van der Waals surface area contributed by atoms with Gasteiger partial charge < -0.3 is 10.1 Å². The average Bonchev–Trinajstić information content (AvgIpc) is 3.24. The first-order chi connectivity index (χ1) is 16.1. The van der Waals surface area contributed by atoms with E-state index in [2.05, 4.69) is 15.5 Å². The highest BCUT2D eigenvalue weighted by molar-refractivity contribution is 7.99. The van der Waals surface area contributed by atoms with E-state index in [4.69, 9.17) is 16.3 Å². The molecule has 0 aliphatic heterocycles. The second-order valence-corrected chi connectivity index (χ2v) is 8.36. The number of thioether (sulfide) groups is 1. The summed E-state index contributed by atoms with van der Waals surface area (Å²) in [7, 11) is 0. The first-order valence-electron chi connectivity index (χ1n) is 10.1. The van der Waals surface area contributed by atoms with E-state index in [0.717, 1.165) is 11.3 Å². The molecule has 168 valence electrons. The highest BCUT2D eigenvalue weighted by Gasteiger charge is 2.17. The van der Waals surface area contributed by atoms with Gasteiger partial charge in [-0.25, -0.2) is 4.39 Å². The summed E-state index contributed by atoms with van der Waals surface area (Å²) < 4.78 is 21.3. The standard InChI is InChI=1S/C24H20ClFN4O2S/c25-18-8-6-7-17(13-18)14-27-23(31)16-33-24-29-28-22(30(24)19-9-2-1-3-10-19)15-32-21-12-5-4-11-20(21)26/h1-13H,14-16H2,(H,27,31). The predicted molar refractivity (Wildman–Crippen MR) is 126 cm³/mol. The summed E-state index contributed by atoms with van der Waals surface area (Å²) in [4.78, 5) is 12.4. The van der Waals surface area contributed by atoms with Gasteiger partial charge in [-0.1, -0.05) is 65.8 Å². The zero-order chi connectivity index (χ0) is 23.0. The Morgan fingerprint density at radius 2 is 1.82 bits per heavy atom. The summed E-state index contributed by atoms with van der Waals surface area (Å²) in [5, 5.41) is 12.5. The molecule has 4 aromatic rings. The predicted octanol–water partition coefficient (Wildman–Crippen LogP) is 5.05. The van der Waals surface area contributed by atoms with E-state index in [1.807, 2.05) is 48.5 Å². The van der Waals surface area contributed by atoms with Crippen molar-refractivity contribution in [3.63, 3.8) is 0 Å². The van der Waals surface area contributed by atoms with Gasteiger partial charge in [-0.15, -0.1) is 10.2 Å². The number of aromatic nitrogens is 3. The molecule has 0 aliphatic carbocycles. The topological polar surface area (TPSA) is 69.0 Å². The third kappa shape index (κ3) is 6.12. The van der Waals surface area contributed by atoms with Crippen molar-refractivity contribution in [3.05, 3.63) is 101 Å². The monoisotopic (exact) mass is 482 g/mol. The molecule has 0 saturated heterocycles. The number of benzene rings is 3. The van der Waals surface area contributed by atoms with Gasteiger partial charge in [0.1, 0.15) is 6.61 Å².